The van der Waals surface area contributed by atoms with Gasteiger partial charge >= 0.3 is 0 Å². The smallest absolute Gasteiger partial charge is 0.145 e. The minimum atomic E-state index is 0.831. The molecule has 0 unspecified atom stereocenters. The Kier molecular flexibility index (Phi) is 8.55. The molecule has 0 spiro atoms. The van der Waals surface area contributed by atoms with Gasteiger partial charge in [0.1, 0.15) is 22.3 Å². The second-order valence-corrected chi connectivity index (χ2v) is 17.6. The monoisotopic (exact) mass is 868 g/mol. The summed E-state index contributed by atoms with van der Waals surface area (Å²) in [5.74, 6) is 0. The van der Waals surface area contributed by atoms with E-state index in [1.54, 1.807) is 0 Å². The third-order valence-corrected chi connectivity index (χ3v) is 13.8. The van der Waals surface area contributed by atoms with Crippen LogP contribution in [0, 0.1) is 0 Å². The van der Waals surface area contributed by atoms with Crippen LogP contribution < -0.4 is 4.90 Å². The fourth-order valence-corrected chi connectivity index (χ4v) is 10.8. The Labute approximate surface area is 391 Å². The van der Waals surface area contributed by atoms with Gasteiger partial charge in [0.25, 0.3) is 0 Å². The first kappa shape index (κ1) is 38.2. The topological polar surface area (TPSA) is 34.5 Å². The molecule has 14 rings (SSSR count). The molecule has 3 heterocycles. The molecule has 0 radical (unpaired) electrons. The van der Waals surface area contributed by atoms with Crippen LogP contribution in [0.2, 0.25) is 0 Å². The Hall–Kier alpha value is -9.12. The lowest BCUT2D eigenvalue weighted by Gasteiger charge is -2.29. The maximum absolute atomic E-state index is 7.05. The number of nitrogens with zero attached hydrogens (tertiary/aromatic N) is 2. The van der Waals surface area contributed by atoms with Gasteiger partial charge in [-0.25, -0.2) is 0 Å². The van der Waals surface area contributed by atoms with E-state index in [0.29, 0.717) is 0 Å². The number of anilines is 3. The van der Waals surface area contributed by atoms with E-state index in [9.17, 15) is 0 Å². The first-order valence-corrected chi connectivity index (χ1v) is 23.2. The minimum absolute atomic E-state index is 0.831. The molecule has 0 bridgehead atoms. The summed E-state index contributed by atoms with van der Waals surface area (Å²) in [4.78, 5) is 2.41. The molecular formula is C64H40N2O2. The Morgan fingerprint density at radius 1 is 0.324 bits per heavy atom. The van der Waals surface area contributed by atoms with Crippen LogP contribution >= 0.6 is 0 Å². The summed E-state index contributed by atoms with van der Waals surface area (Å²) in [5.41, 5.74) is 16.4. The highest BCUT2D eigenvalue weighted by Gasteiger charge is 2.26. The van der Waals surface area contributed by atoms with Gasteiger partial charge in [-0.2, -0.15) is 0 Å². The standard InChI is InChI=1S/C64H40N2O2/c1-2-20-46-41(16-1)17-14-26-47(46)42-34-36-44(37-35-42)65(58-31-10-5-23-51(58)53-27-15-28-54-52-24-6-11-32-60(52)67-63(53)54)59-39-38-48(64-62(59)55-25-7-12-33-61(55)68-64)43-18-13-19-45(40-43)66-56-29-8-3-21-49(56)50-22-4-9-30-57(50)66/h1-40H. The molecule has 4 heteroatoms. The molecule has 318 valence electrons. The molecule has 0 aliphatic heterocycles. The van der Waals surface area contributed by atoms with Gasteiger partial charge in [-0.15, -0.1) is 0 Å². The molecular weight excluding hydrogens is 829 g/mol. The van der Waals surface area contributed by atoms with Crippen LogP contribution in [-0.4, -0.2) is 4.57 Å². The number of hydrogen-bond donors (Lipinski definition) is 0. The van der Waals surface area contributed by atoms with Gasteiger partial charge in [-0.3, -0.25) is 0 Å². The van der Waals surface area contributed by atoms with Crippen molar-refractivity contribution in [3.63, 3.8) is 0 Å². The van der Waals surface area contributed by atoms with E-state index in [1.807, 2.05) is 6.07 Å². The average molecular weight is 869 g/mol. The Bertz CT molecular complexity index is 4220. The lowest BCUT2D eigenvalue weighted by atomic mass is 9.96. The third-order valence-electron chi connectivity index (χ3n) is 13.8. The summed E-state index contributed by atoms with van der Waals surface area (Å²) in [6, 6.07) is 86.8. The van der Waals surface area contributed by atoms with E-state index >= 15 is 0 Å². The molecule has 68 heavy (non-hydrogen) atoms. The van der Waals surface area contributed by atoms with Crippen LogP contribution in [-0.2, 0) is 0 Å². The summed E-state index contributed by atoms with van der Waals surface area (Å²) < 4.78 is 16.1. The highest BCUT2D eigenvalue weighted by atomic mass is 16.3. The van der Waals surface area contributed by atoms with Crippen LogP contribution in [0.25, 0.3) is 116 Å². The number of furan rings is 2. The summed E-state index contributed by atoms with van der Waals surface area (Å²) in [6.07, 6.45) is 0. The van der Waals surface area contributed by atoms with Crippen molar-refractivity contribution >= 4 is 93.5 Å². The van der Waals surface area contributed by atoms with Crippen molar-refractivity contribution < 1.29 is 8.83 Å². The second-order valence-electron chi connectivity index (χ2n) is 17.6. The molecule has 14 aromatic rings. The van der Waals surface area contributed by atoms with Gasteiger partial charge in [-0.1, -0.05) is 176 Å². The molecule has 0 atom stereocenters. The SMILES string of the molecule is c1cc(-c2ccc(N(c3ccc(-c4cccc5ccccc45)cc3)c3ccccc3-c3cccc4c3oc3ccccc34)c3c2oc2ccccc23)cc(-n2c3ccccc3c3ccccc32)c1. The average Bonchev–Trinajstić information content (AvgIpc) is 4.10. The van der Waals surface area contributed by atoms with Crippen molar-refractivity contribution in [3.8, 4) is 39.1 Å². The van der Waals surface area contributed by atoms with Crippen molar-refractivity contribution in [3.05, 3.63) is 243 Å². The van der Waals surface area contributed by atoms with E-state index in [2.05, 4.69) is 246 Å². The number of benzene rings is 11. The molecule has 3 aromatic heterocycles. The molecule has 11 aromatic carbocycles. The van der Waals surface area contributed by atoms with Crippen LogP contribution in [0.5, 0.6) is 0 Å². The van der Waals surface area contributed by atoms with E-state index in [-0.39, 0.29) is 0 Å². The maximum atomic E-state index is 7.05. The largest absolute Gasteiger partial charge is 0.455 e. The molecule has 0 amide bonds. The zero-order chi connectivity index (χ0) is 44.7. The van der Waals surface area contributed by atoms with Gasteiger partial charge in [0.15, 0.2) is 0 Å². The first-order chi connectivity index (χ1) is 33.7. The number of para-hydroxylation sites is 6. The van der Waals surface area contributed by atoms with E-state index < -0.39 is 0 Å². The fraction of sp³-hybridized carbons (Fsp3) is 0. The number of hydrogen-bond acceptors (Lipinski definition) is 3. The van der Waals surface area contributed by atoms with Crippen molar-refractivity contribution in [1.82, 2.24) is 4.57 Å². The van der Waals surface area contributed by atoms with Gasteiger partial charge in [-0.05, 0) is 94.2 Å². The van der Waals surface area contributed by atoms with Gasteiger partial charge in [0.05, 0.1) is 27.8 Å². The van der Waals surface area contributed by atoms with Crippen LogP contribution in [0.3, 0.4) is 0 Å². The summed E-state index contributed by atoms with van der Waals surface area (Å²) in [6.45, 7) is 0. The van der Waals surface area contributed by atoms with Crippen LogP contribution in [0.15, 0.2) is 251 Å². The Morgan fingerprint density at radius 2 is 0.897 bits per heavy atom. The minimum Gasteiger partial charge on any atom is -0.455 e. The lowest BCUT2D eigenvalue weighted by molar-refractivity contribution is 0.669. The normalized spacial score (nSPS) is 11.8. The van der Waals surface area contributed by atoms with E-state index in [0.717, 1.165) is 94.4 Å². The lowest BCUT2D eigenvalue weighted by Crippen LogP contribution is -2.12. The van der Waals surface area contributed by atoms with Crippen molar-refractivity contribution in [2.75, 3.05) is 4.90 Å². The van der Waals surface area contributed by atoms with E-state index in [4.69, 9.17) is 8.83 Å². The van der Waals surface area contributed by atoms with Crippen molar-refractivity contribution in [1.29, 1.82) is 0 Å². The van der Waals surface area contributed by atoms with Gasteiger partial charge < -0.3 is 18.3 Å². The van der Waals surface area contributed by atoms with Crippen molar-refractivity contribution in [2.45, 2.75) is 0 Å². The van der Waals surface area contributed by atoms with Crippen LogP contribution in [0.1, 0.15) is 0 Å². The summed E-state index contributed by atoms with van der Waals surface area (Å²) in [7, 11) is 0. The Balaban J connectivity index is 1.00. The third kappa shape index (κ3) is 5.87. The second kappa shape index (κ2) is 15.2. The number of rotatable bonds is 7. The molecule has 4 nitrogen and oxygen atoms in total. The first-order valence-electron chi connectivity index (χ1n) is 23.2. The molecule has 0 saturated carbocycles. The zero-order valence-corrected chi connectivity index (χ0v) is 36.8. The molecule has 0 aliphatic carbocycles. The van der Waals surface area contributed by atoms with E-state index in [1.165, 1.54) is 38.1 Å². The molecule has 0 saturated heterocycles. The fourth-order valence-electron chi connectivity index (χ4n) is 10.8. The number of fused-ring (bicyclic) bond motifs is 10. The zero-order valence-electron chi connectivity index (χ0n) is 36.8. The van der Waals surface area contributed by atoms with Gasteiger partial charge in [0.2, 0.25) is 0 Å². The maximum Gasteiger partial charge on any atom is 0.145 e. The predicted molar refractivity (Wildman–Crippen MR) is 284 cm³/mol. The summed E-state index contributed by atoms with van der Waals surface area (Å²) >= 11 is 0. The Morgan fingerprint density at radius 3 is 1.71 bits per heavy atom. The molecule has 0 aliphatic rings. The molecule has 0 fully saturated rings. The van der Waals surface area contributed by atoms with Crippen molar-refractivity contribution in [2.24, 2.45) is 0 Å². The van der Waals surface area contributed by atoms with Gasteiger partial charge in [0, 0.05) is 55.0 Å². The quantitative estimate of drug-likeness (QED) is 0.160. The summed E-state index contributed by atoms with van der Waals surface area (Å²) in [5, 5.41) is 9.20. The van der Waals surface area contributed by atoms with Crippen LogP contribution in [0.4, 0.5) is 17.1 Å². The number of aromatic nitrogens is 1. The predicted octanol–water partition coefficient (Wildman–Crippen LogP) is 18.2. The molecule has 0 N–H and O–H groups in total. The highest BCUT2D eigenvalue weighted by molar-refractivity contribution is 6.18. The highest BCUT2D eigenvalue weighted by Crippen LogP contribution is 2.50.